The molecule has 0 fully saturated rings. The molecular formula is C13H11ClFNO. The fraction of sp³-hybridized carbons (Fsp3) is 0.154. The van der Waals surface area contributed by atoms with E-state index >= 15 is 0 Å². The third kappa shape index (κ3) is 2.56. The van der Waals surface area contributed by atoms with Crippen molar-refractivity contribution in [2.75, 3.05) is 0 Å². The van der Waals surface area contributed by atoms with E-state index in [2.05, 4.69) is 4.98 Å². The Kier molecular flexibility index (Phi) is 3.29. The maximum Gasteiger partial charge on any atom is 0.256 e. The molecule has 0 saturated carbocycles. The molecule has 0 radical (unpaired) electrons. The van der Waals surface area contributed by atoms with E-state index in [0.29, 0.717) is 16.3 Å². The molecule has 0 spiro atoms. The fourth-order valence-electron chi connectivity index (χ4n) is 1.34. The summed E-state index contributed by atoms with van der Waals surface area (Å²) in [6, 6.07) is 6.76. The first-order valence-electron chi connectivity index (χ1n) is 5.13. The topological polar surface area (TPSA) is 22.1 Å². The molecule has 17 heavy (non-hydrogen) atoms. The number of benzene rings is 1. The number of halogens is 2. The van der Waals surface area contributed by atoms with Crippen molar-refractivity contribution in [1.29, 1.82) is 0 Å². The average molecular weight is 252 g/mol. The quantitative estimate of drug-likeness (QED) is 0.795. The van der Waals surface area contributed by atoms with Gasteiger partial charge in [-0.05, 0) is 43.2 Å². The minimum absolute atomic E-state index is 0.0371. The highest BCUT2D eigenvalue weighted by atomic mass is 35.5. The molecule has 0 bridgehead atoms. The molecule has 1 heterocycles. The van der Waals surface area contributed by atoms with Crippen LogP contribution in [0.5, 0.6) is 11.6 Å². The highest BCUT2D eigenvalue weighted by Crippen LogP contribution is 2.27. The number of pyridine rings is 1. The van der Waals surface area contributed by atoms with Gasteiger partial charge in [0.25, 0.3) is 5.88 Å². The zero-order valence-corrected chi connectivity index (χ0v) is 10.3. The van der Waals surface area contributed by atoms with Crippen LogP contribution in [0.3, 0.4) is 0 Å². The predicted molar refractivity (Wildman–Crippen MR) is 65.2 cm³/mol. The first-order chi connectivity index (χ1) is 8.08. The van der Waals surface area contributed by atoms with E-state index in [1.54, 1.807) is 25.1 Å². The van der Waals surface area contributed by atoms with E-state index < -0.39 is 5.82 Å². The van der Waals surface area contributed by atoms with Crippen molar-refractivity contribution >= 4 is 11.6 Å². The molecule has 1 aromatic carbocycles. The standard InChI is InChI=1S/C13H11ClFNO/c1-8-3-4-10(7-11(8)14)17-13-12(15)9(2)5-6-16-13/h3-7H,1-2H3. The molecule has 0 aliphatic carbocycles. The van der Waals surface area contributed by atoms with Crippen molar-refractivity contribution in [3.05, 3.63) is 52.4 Å². The molecule has 2 nitrogen and oxygen atoms in total. The number of nitrogens with zero attached hydrogens (tertiary/aromatic N) is 1. The minimum atomic E-state index is -0.454. The van der Waals surface area contributed by atoms with E-state index in [4.69, 9.17) is 16.3 Å². The average Bonchev–Trinajstić information content (AvgIpc) is 2.30. The molecular weight excluding hydrogens is 241 g/mol. The smallest absolute Gasteiger partial charge is 0.256 e. The fourth-order valence-corrected chi connectivity index (χ4v) is 1.51. The monoisotopic (exact) mass is 251 g/mol. The van der Waals surface area contributed by atoms with Crippen molar-refractivity contribution in [2.24, 2.45) is 0 Å². The van der Waals surface area contributed by atoms with Gasteiger partial charge in [-0.2, -0.15) is 0 Å². The Hall–Kier alpha value is -1.61. The zero-order valence-electron chi connectivity index (χ0n) is 9.50. The summed E-state index contributed by atoms with van der Waals surface area (Å²) >= 11 is 5.96. The molecule has 88 valence electrons. The molecule has 0 unspecified atom stereocenters. The van der Waals surface area contributed by atoms with Crippen LogP contribution in [-0.2, 0) is 0 Å². The van der Waals surface area contributed by atoms with Crippen LogP contribution < -0.4 is 4.74 Å². The molecule has 1 aromatic heterocycles. The van der Waals surface area contributed by atoms with Crippen molar-refractivity contribution in [1.82, 2.24) is 4.98 Å². The van der Waals surface area contributed by atoms with Gasteiger partial charge in [0.05, 0.1) is 0 Å². The van der Waals surface area contributed by atoms with Crippen molar-refractivity contribution in [3.63, 3.8) is 0 Å². The Morgan fingerprint density at radius 1 is 1.18 bits per heavy atom. The largest absolute Gasteiger partial charge is 0.436 e. The number of hydrogen-bond acceptors (Lipinski definition) is 2. The third-order valence-electron chi connectivity index (χ3n) is 2.41. The van der Waals surface area contributed by atoms with Crippen LogP contribution in [0.2, 0.25) is 5.02 Å². The second-order valence-corrected chi connectivity index (χ2v) is 4.17. The Labute approximate surface area is 104 Å². The number of aryl methyl sites for hydroxylation is 2. The van der Waals surface area contributed by atoms with Crippen molar-refractivity contribution in [3.8, 4) is 11.6 Å². The maximum absolute atomic E-state index is 13.6. The lowest BCUT2D eigenvalue weighted by Crippen LogP contribution is -1.94. The number of ether oxygens (including phenoxy) is 1. The molecule has 0 amide bonds. The Morgan fingerprint density at radius 3 is 2.65 bits per heavy atom. The second kappa shape index (κ2) is 4.72. The van der Waals surface area contributed by atoms with E-state index in [0.717, 1.165) is 5.56 Å². The van der Waals surface area contributed by atoms with E-state index in [1.165, 1.54) is 6.20 Å². The van der Waals surface area contributed by atoms with Gasteiger partial charge in [-0.1, -0.05) is 17.7 Å². The summed E-state index contributed by atoms with van der Waals surface area (Å²) in [6.07, 6.45) is 1.50. The normalized spacial score (nSPS) is 10.4. The Morgan fingerprint density at radius 2 is 1.94 bits per heavy atom. The van der Waals surface area contributed by atoms with Gasteiger partial charge in [-0.15, -0.1) is 0 Å². The highest BCUT2D eigenvalue weighted by molar-refractivity contribution is 6.31. The van der Waals surface area contributed by atoms with Gasteiger partial charge < -0.3 is 4.74 Å². The lowest BCUT2D eigenvalue weighted by Gasteiger charge is -2.07. The number of aromatic nitrogens is 1. The van der Waals surface area contributed by atoms with Crippen molar-refractivity contribution in [2.45, 2.75) is 13.8 Å². The van der Waals surface area contributed by atoms with Gasteiger partial charge >= 0.3 is 0 Å². The summed E-state index contributed by atoms with van der Waals surface area (Å²) in [5.41, 5.74) is 1.44. The van der Waals surface area contributed by atoms with Crippen LogP contribution in [-0.4, -0.2) is 4.98 Å². The van der Waals surface area contributed by atoms with Gasteiger partial charge in [0.1, 0.15) is 5.75 Å². The van der Waals surface area contributed by atoms with Gasteiger partial charge in [-0.3, -0.25) is 0 Å². The van der Waals surface area contributed by atoms with E-state index in [9.17, 15) is 4.39 Å². The lowest BCUT2D eigenvalue weighted by atomic mass is 10.2. The van der Waals surface area contributed by atoms with Crippen LogP contribution in [0.25, 0.3) is 0 Å². The molecule has 0 atom stereocenters. The Balaban J connectivity index is 2.31. The third-order valence-corrected chi connectivity index (χ3v) is 2.82. The Bertz CT molecular complexity index is 557. The van der Waals surface area contributed by atoms with Crippen LogP contribution in [0.4, 0.5) is 4.39 Å². The van der Waals surface area contributed by atoms with Crippen LogP contribution in [0.1, 0.15) is 11.1 Å². The minimum Gasteiger partial charge on any atom is -0.436 e. The first kappa shape index (κ1) is 11.9. The van der Waals surface area contributed by atoms with Gasteiger partial charge in [-0.25, -0.2) is 9.37 Å². The van der Waals surface area contributed by atoms with E-state index in [-0.39, 0.29) is 5.88 Å². The second-order valence-electron chi connectivity index (χ2n) is 3.76. The summed E-state index contributed by atoms with van der Waals surface area (Å²) in [4.78, 5) is 3.85. The summed E-state index contributed by atoms with van der Waals surface area (Å²) < 4.78 is 19.0. The maximum atomic E-state index is 13.6. The molecule has 0 aliphatic heterocycles. The summed E-state index contributed by atoms with van der Waals surface area (Å²) in [7, 11) is 0. The van der Waals surface area contributed by atoms with E-state index in [1.807, 2.05) is 13.0 Å². The molecule has 2 aromatic rings. The number of rotatable bonds is 2. The predicted octanol–water partition coefficient (Wildman–Crippen LogP) is 4.28. The highest BCUT2D eigenvalue weighted by Gasteiger charge is 2.09. The number of hydrogen-bond donors (Lipinski definition) is 0. The van der Waals surface area contributed by atoms with Gasteiger partial charge in [0.15, 0.2) is 5.82 Å². The molecule has 4 heteroatoms. The summed E-state index contributed by atoms with van der Waals surface area (Å²) in [5, 5.41) is 0.579. The molecule has 0 saturated heterocycles. The summed E-state index contributed by atoms with van der Waals surface area (Å²) in [5.74, 6) is -0.0216. The SMILES string of the molecule is Cc1ccc(Oc2nccc(C)c2F)cc1Cl. The molecule has 0 aliphatic rings. The first-order valence-corrected chi connectivity index (χ1v) is 5.51. The molecule has 2 rings (SSSR count). The van der Waals surface area contributed by atoms with Gasteiger partial charge in [0, 0.05) is 11.2 Å². The zero-order chi connectivity index (χ0) is 12.4. The van der Waals surface area contributed by atoms with Crippen LogP contribution >= 0.6 is 11.6 Å². The summed E-state index contributed by atoms with van der Waals surface area (Å²) in [6.45, 7) is 3.55. The van der Waals surface area contributed by atoms with Crippen LogP contribution in [0.15, 0.2) is 30.5 Å². The van der Waals surface area contributed by atoms with Crippen molar-refractivity contribution < 1.29 is 9.13 Å². The van der Waals surface area contributed by atoms with Crippen LogP contribution in [0, 0.1) is 19.7 Å². The van der Waals surface area contributed by atoms with Gasteiger partial charge in [0.2, 0.25) is 0 Å². The molecule has 0 N–H and O–H groups in total. The lowest BCUT2D eigenvalue weighted by molar-refractivity contribution is 0.420.